The topological polar surface area (TPSA) is 124 Å². The number of benzene rings is 1. The van der Waals surface area contributed by atoms with Crippen molar-refractivity contribution in [1.82, 2.24) is 19.6 Å². The first-order valence-electron chi connectivity index (χ1n) is 7.95. The lowest BCUT2D eigenvalue weighted by Gasteiger charge is -2.32. The fourth-order valence-corrected chi connectivity index (χ4v) is 3.92. The molecule has 25 heavy (non-hydrogen) atoms. The number of aromatic nitrogens is 2. The van der Waals surface area contributed by atoms with Crippen molar-refractivity contribution in [3.63, 3.8) is 0 Å². The van der Waals surface area contributed by atoms with Crippen molar-refractivity contribution < 1.29 is 13.2 Å². The second kappa shape index (κ2) is 7.08. The zero-order valence-electron chi connectivity index (χ0n) is 13.7. The minimum Gasteiger partial charge on any atom is -0.379 e. The van der Waals surface area contributed by atoms with Gasteiger partial charge in [-0.3, -0.25) is 14.7 Å². The summed E-state index contributed by atoms with van der Waals surface area (Å²) in [6, 6.07) is 4.05. The molecule has 3 rings (SSSR count). The molecule has 2 aromatic rings. The summed E-state index contributed by atoms with van der Waals surface area (Å²) in [6.07, 6.45) is 0. The summed E-state index contributed by atoms with van der Waals surface area (Å²) in [5.74, 6) is 0. The maximum Gasteiger partial charge on any atom is 0.326 e. The van der Waals surface area contributed by atoms with Crippen LogP contribution in [0, 0.1) is 0 Å². The summed E-state index contributed by atoms with van der Waals surface area (Å²) in [4.78, 5) is 29.8. The lowest BCUT2D eigenvalue weighted by molar-refractivity contribution is 0.0213. The molecular weight excluding hydrogens is 348 g/mol. The van der Waals surface area contributed by atoms with Gasteiger partial charge in [0.1, 0.15) is 0 Å². The van der Waals surface area contributed by atoms with Gasteiger partial charge in [-0.25, -0.2) is 17.9 Å². The normalized spacial score (nSPS) is 17.6. The molecule has 1 aliphatic heterocycles. The van der Waals surface area contributed by atoms with Crippen LogP contribution in [0.4, 0.5) is 0 Å². The van der Waals surface area contributed by atoms with Crippen molar-refractivity contribution >= 4 is 20.9 Å². The van der Waals surface area contributed by atoms with Gasteiger partial charge >= 0.3 is 5.69 Å². The van der Waals surface area contributed by atoms with Crippen molar-refractivity contribution in [2.75, 3.05) is 32.8 Å². The maximum absolute atomic E-state index is 12.5. The first kappa shape index (κ1) is 17.8. The van der Waals surface area contributed by atoms with E-state index in [1.165, 1.54) is 18.2 Å². The van der Waals surface area contributed by atoms with Crippen LogP contribution in [0.5, 0.6) is 0 Å². The third-order valence-electron chi connectivity index (χ3n) is 4.26. The van der Waals surface area contributed by atoms with E-state index in [9.17, 15) is 18.0 Å². The zero-order chi connectivity index (χ0) is 18.0. The summed E-state index contributed by atoms with van der Waals surface area (Å²) in [6.45, 7) is 5.01. The number of rotatable bonds is 5. The number of morpholine rings is 1. The second-order valence-electron chi connectivity index (χ2n) is 5.96. The number of ether oxygens (including phenoxy) is 1. The summed E-state index contributed by atoms with van der Waals surface area (Å²) >= 11 is 0. The molecular formula is C15H20N4O5S. The quantitative estimate of drug-likeness (QED) is 0.636. The molecule has 10 heteroatoms. The molecule has 0 spiro atoms. The molecule has 0 aliphatic carbocycles. The van der Waals surface area contributed by atoms with Gasteiger partial charge in [0, 0.05) is 25.7 Å². The van der Waals surface area contributed by atoms with Gasteiger partial charge in [-0.05, 0) is 25.1 Å². The molecule has 0 radical (unpaired) electrons. The first-order chi connectivity index (χ1) is 11.9. The Morgan fingerprint density at radius 2 is 1.96 bits per heavy atom. The van der Waals surface area contributed by atoms with Gasteiger partial charge in [0.15, 0.2) is 0 Å². The summed E-state index contributed by atoms with van der Waals surface area (Å²) in [7, 11) is -3.77. The number of sulfonamides is 1. The van der Waals surface area contributed by atoms with Gasteiger partial charge < -0.3 is 9.72 Å². The number of hydrogen-bond acceptors (Lipinski definition) is 6. The maximum atomic E-state index is 12.5. The summed E-state index contributed by atoms with van der Waals surface area (Å²) < 4.78 is 32.9. The molecule has 1 atom stereocenters. The highest BCUT2D eigenvalue weighted by Crippen LogP contribution is 2.14. The standard InChI is InChI=1S/C15H20N4O5S/c1-10(19-4-6-24-7-5-19)9-16-25(22,23)11-2-3-13-12(8-11)14(20)18-15(21)17-13/h2-3,8,10,16H,4-7,9H2,1H3,(H2,17,18,20,21). The van der Waals surface area contributed by atoms with E-state index in [-0.39, 0.29) is 28.4 Å². The molecule has 1 aromatic carbocycles. The van der Waals surface area contributed by atoms with E-state index < -0.39 is 21.3 Å². The van der Waals surface area contributed by atoms with Gasteiger partial charge in [-0.15, -0.1) is 0 Å². The fraction of sp³-hybridized carbons (Fsp3) is 0.467. The van der Waals surface area contributed by atoms with E-state index in [1.54, 1.807) is 0 Å². The molecule has 2 heterocycles. The minimum absolute atomic E-state index is 0.0215. The lowest BCUT2D eigenvalue weighted by atomic mass is 10.2. The van der Waals surface area contributed by atoms with Crippen LogP contribution < -0.4 is 16.0 Å². The fourth-order valence-electron chi connectivity index (χ4n) is 2.77. The van der Waals surface area contributed by atoms with Gasteiger partial charge in [0.05, 0.1) is 29.0 Å². The van der Waals surface area contributed by atoms with Gasteiger partial charge in [0.25, 0.3) is 5.56 Å². The summed E-state index contributed by atoms with van der Waals surface area (Å²) in [5, 5.41) is 0.115. The van der Waals surface area contributed by atoms with Crippen LogP contribution in [-0.4, -0.2) is 62.2 Å². The Bertz CT molecular complexity index is 975. The van der Waals surface area contributed by atoms with Gasteiger partial charge in [-0.2, -0.15) is 0 Å². The summed E-state index contributed by atoms with van der Waals surface area (Å²) in [5.41, 5.74) is -0.975. The van der Waals surface area contributed by atoms with Crippen molar-refractivity contribution in [3.8, 4) is 0 Å². The Kier molecular flexibility index (Phi) is 5.04. The Morgan fingerprint density at radius 3 is 2.68 bits per heavy atom. The molecule has 1 fully saturated rings. The van der Waals surface area contributed by atoms with Crippen molar-refractivity contribution in [2.45, 2.75) is 17.9 Å². The Hall–Kier alpha value is -2.01. The van der Waals surface area contributed by atoms with Crippen molar-refractivity contribution in [1.29, 1.82) is 0 Å². The van der Waals surface area contributed by atoms with E-state index >= 15 is 0 Å². The monoisotopic (exact) mass is 368 g/mol. The van der Waals surface area contributed by atoms with Gasteiger partial charge in [-0.1, -0.05) is 0 Å². The van der Waals surface area contributed by atoms with Crippen LogP contribution >= 0.6 is 0 Å². The number of hydrogen-bond donors (Lipinski definition) is 3. The molecule has 0 saturated carbocycles. The van der Waals surface area contributed by atoms with E-state index in [2.05, 4.69) is 19.6 Å². The van der Waals surface area contributed by atoms with E-state index in [0.717, 1.165) is 13.1 Å². The molecule has 136 valence electrons. The molecule has 3 N–H and O–H groups in total. The number of aromatic amines is 2. The third kappa shape index (κ3) is 3.98. The minimum atomic E-state index is -3.77. The van der Waals surface area contributed by atoms with Crippen LogP contribution in [0.3, 0.4) is 0 Å². The SMILES string of the molecule is CC(CNS(=O)(=O)c1ccc2[nH]c(=O)[nH]c(=O)c2c1)N1CCOCC1. The molecule has 1 aromatic heterocycles. The number of H-pyrrole nitrogens is 2. The highest BCUT2D eigenvalue weighted by molar-refractivity contribution is 7.89. The van der Waals surface area contributed by atoms with Crippen molar-refractivity contribution in [2.24, 2.45) is 0 Å². The van der Waals surface area contributed by atoms with E-state index in [4.69, 9.17) is 4.74 Å². The average molecular weight is 368 g/mol. The largest absolute Gasteiger partial charge is 0.379 e. The van der Waals surface area contributed by atoms with Gasteiger partial charge in [0.2, 0.25) is 10.0 Å². The van der Waals surface area contributed by atoms with Crippen LogP contribution in [-0.2, 0) is 14.8 Å². The number of nitrogens with one attached hydrogen (secondary N) is 3. The molecule has 9 nitrogen and oxygen atoms in total. The molecule has 0 bridgehead atoms. The van der Waals surface area contributed by atoms with Crippen LogP contribution in [0.2, 0.25) is 0 Å². The zero-order valence-corrected chi connectivity index (χ0v) is 14.6. The second-order valence-corrected chi connectivity index (χ2v) is 7.73. The Morgan fingerprint density at radius 1 is 1.24 bits per heavy atom. The molecule has 1 aliphatic rings. The van der Waals surface area contributed by atoms with Crippen LogP contribution in [0.25, 0.3) is 10.9 Å². The lowest BCUT2D eigenvalue weighted by Crippen LogP contribution is -2.47. The van der Waals surface area contributed by atoms with E-state index in [1.807, 2.05) is 6.92 Å². The number of nitrogens with zero attached hydrogens (tertiary/aromatic N) is 1. The van der Waals surface area contributed by atoms with Crippen LogP contribution in [0.15, 0.2) is 32.7 Å². The Labute approximate surface area is 144 Å². The smallest absolute Gasteiger partial charge is 0.326 e. The first-order valence-corrected chi connectivity index (χ1v) is 9.43. The van der Waals surface area contributed by atoms with E-state index in [0.29, 0.717) is 13.2 Å². The van der Waals surface area contributed by atoms with Crippen molar-refractivity contribution in [3.05, 3.63) is 39.0 Å². The third-order valence-corrected chi connectivity index (χ3v) is 5.68. The highest BCUT2D eigenvalue weighted by atomic mass is 32.2. The number of fused-ring (bicyclic) bond motifs is 1. The van der Waals surface area contributed by atoms with Crippen LogP contribution in [0.1, 0.15) is 6.92 Å². The molecule has 1 unspecified atom stereocenters. The average Bonchev–Trinajstić information content (AvgIpc) is 2.60. The predicted molar refractivity (Wildman–Crippen MR) is 92.2 cm³/mol. The predicted octanol–water partition coefficient (Wildman–Crippen LogP) is -0.785. The molecule has 1 saturated heterocycles. The Balaban J connectivity index is 1.78. The highest BCUT2D eigenvalue weighted by Gasteiger charge is 2.21. The molecule has 0 amide bonds.